The largest absolute Gasteiger partial charge is 0.456 e. The minimum absolute atomic E-state index is 0.0447. The third-order valence-electron chi connectivity index (χ3n) is 12.8. The Morgan fingerprint density at radius 3 is 1.78 bits per heavy atom. The van der Waals surface area contributed by atoms with Gasteiger partial charge in [0.15, 0.2) is 11.6 Å². The number of fused-ring (bicyclic) bond motifs is 10. The Hall–Kier alpha value is -8.35. The number of aromatic nitrogens is 4. The first-order chi connectivity index (χ1) is 31.2. The van der Waals surface area contributed by atoms with Crippen molar-refractivity contribution in [3.05, 3.63) is 223 Å². The van der Waals surface area contributed by atoms with Crippen LogP contribution in [0.4, 0.5) is 11.4 Å². The third-order valence-corrected chi connectivity index (χ3v) is 12.8. The summed E-state index contributed by atoms with van der Waals surface area (Å²) >= 11 is 0. The highest BCUT2D eigenvalue weighted by molar-refractivity contribution is 6.09. The van der Waals surface area contributed by atoms with Gasteiger partial charge in [0.2, 0.25) is 5.95 Å². The van der Waals surface area contributed by atoms with Crippen molar-refractivity contribution in [1.82, 2.24) is 19.5 Å². The lowest BCUT2D eigenvalue weighted by Crippen LogP contribution is -2.30. The number of para-hydroxylation sites is 3. The summed E-state index contributed by atoms with van der Waals surface area (Å²) in [5, 5.41) is 3.36. The monoisotopic (exact) mass is 807 g/mol. The molecule has 1 aliphatic heterocycles. The van der Waals surface area contributed by atoms with Crippen molar-refractivity contribution in [3.8, 4) is 51.0 Å². The molecule has 4 heterocycles. The topological polar surface area (TPSA) is 60.0 Å². The van der Waals surface area contributed by atoms with E-state index >= 15 is 0 Å². The van der Waals surface area contributed by atoms with Crippen molar-refractivity contribution in [2.45, 2.75) is 12.0 Å². The fourth-order valence-electron chi connectivity index (χ4n) is 9.97. The minimum atomic E-state index is 0.0447. The van der Waals surface area contributed by atoms with Gasteiger partial charge < -0.3 is 9.32 Å². The Morgan fingerprint density at radius 2 is 1.03 bits per heavy atom. The fourth-order valence-corrected chi connectivity index (χ4v) is 9.97. The molecular formula is C57H37N5O. The van der Waals surface area contributed by atoms with E-state index in [4.69, 9.17) is 19.4 Å². The fraction of sp³-hybridized carbons (Fsp3) is 0.0351. The number of benzene rings is 8. The van der Waals surface area contributed by atoms with Gasteiger partial charge in [-0.25, -0.2) is 4.98 Å². The maximum absolute atomic E-state index is 6.68. The van der Waals surface area contributed by atoms with Crippen molar-refractivity contribution in [3.63, 3.8) is 0 Å². The lowest BCUT2D eigenvalue weighted by atomic mass is 9.82. The third kappa shape index (κ3) is 5.69. The second-order valence-electron chi connectivity index (χ2n) is 16.4. The van der Waals surface area contributed by atoms with Gasteiger partial charge in [-0.2, -0.15) is 9.97 Å². The molecule has 13 rings (SSSR count). The lowest BCUT2D eigenvalue weighted by molar-refractivity contribution is 0.584. The van der Waals surface area contributed by atoms with Gasteiger partial charge >= 0.3 is 0 Å². The highest BCUT2D eigenvalue weighted by Gasteiger charge is 2.43. The molecule has 0 saturated heterocycles. The molecule has 11 aromatic rings. The van der Waals surface area contributed by atoms with Gasteiger partial charge in [0.05, 0.1) is 17.1 Å². The second kappa shape index (κ2) is 14.1. The van der Waals surface area contributed by atoms with E-state index in [2.05, 4.69) is 216 Å². The van der Waals surface area contributed by atoms with Crippen LogP contribution in [0.5, 0.6) is 0 Å². The molecule has 6 heteroatoms. The van der Waals surface area contributed by atoms with Gasteiger partial charge in [-0.3, -0.25) is 4.57 Å². The number of rotatable bonds is 6. The zero-order valence-electron chi connectivity index (χ0n) is 34.0. The van der Waals surface area contributed by atoms with Crippen LogP contribution >= 0.6 is 0 Å². The van der Waals surface area contributed by atoms with Gasteiger partial charge in [-0.15, -0.1) is 0 Å². The van der Waals surface area contributed by atoms with Crippen LogP contribution in [0.25, 0.3) is 89.8 Å². The summed E-state index contributed by atoms with van der Waals surface area (Å²) in [5.74, 6) is 2.69. The predicted molar refractivity (Wildman–Crippen MR) is 255 cm³/mol. The second-order valence-corrected chi connectivity index (χ2v) is 16.4. The maximum atomic E-state index is 6.68. The van der Waals surface area contributed by atoms with E-state index in [1.807, 2.05) is 6.07 Å². The van der Waals surface area contributed by atoms with Crippen LogP contribution in [0.3, 0.4) is 0 Å². The summed E-state index contributed by atoms with van der Waals surface area (Å²) in [4.78, 5) is 18.3. The smallest absolute Gasteiger partial charge is 0.238 e. The molecular weight excluding hydrogens is 771 g/mol. The van der Waals surface area contributed by atoms with Gasteiger partial charge in [0.25, 0.3) is 0 Å². The SMILES string of the molecule is C1=CC2C(c3ccccc3N2c2cccc(-c3ccccc3)c2)c2c1oc1ccc(-c3nc(-c4ccc(-c5ccccc5)cc4)nc(-n4c5ccccc5c5ccccc54)n3)cc21. The minimum Gasteiger partial charge on any atom is -0.456 e. The van der Waals surface area contributed by atoms with Crippen molar-refractivity contribution < 1.29 is 4.42 Å². The molecule has 0 fully saturated rings. The highest BCUT2D eigenvalue weighted by atomic mass is 16.3. The van der Waals surface area contributed by atoms with E-state index in [0.717, 1.165) is 66.5 Å². The molecule has 0 radical (unpaired) electrons. The van der Waals surface area contributed by atoms with Crippen molar-refractivity contribution in [2.75, 3.05) is 4.90 Å². The van der Waals surface area contributed by atoms with Gasteiger partial charge in [-0.05, 0) is 82.4 Å². The Bertz CT molecular complexity index is 3530. The summed E-state index contributed by atoms with van der Waals surface area (Å²) in [6, 6.07) is 70.6. The van der Waals surface area contributed by atoms with E-state index in [9.17, 15) is 0 Å². The quantitative estimate of drug-likeness (QED) is 0.167. The van der Waals surface area contributed by atoms with Crippen LogP contribution < -0.4 is 4.90 Å². The molecule has 0 N–H and O–H groups in total. The zero-order valence-corrected chi connectivity index (χ0v) is 34.0. The summed E-state index contributed by atoms with van der Waals surface area (Å²) in [6.07, 6.45) is 4.47. The average Bonchev–Trinajstić information content (AvgIpc) is 4.02. The molecule has 1 aliphatic carbocycles. The predicted octanol–water partition coefficient (Wildman–Crippen LogP) is 14.1. The summed E-state index contributed by atoms with van der Waals surface area (Å²) in [6.45, 7) is 0. The van der Waals surface area contributed by atoms with E-state index in [1.165, 1.54) is 27.9 Å². The first-order valence-corrected chi connectivity index (χ1v) is 21.4. The number of furan rings is 1. The maximum Gasteiger partial charge on any atom is 0.238 e. The molecule has 63 heavy (non-hydrogen) atoms. The summed E-state index contributed by atoms with van der Waals surface area (Å²) in [7, 11) is 0. The van der Waals surface area contributed by atoms with Gasteiger partial charge in [-0.1, -0.05) is 158 Å². The van der Waals surface area contributed by atoms with Crippen molar-refractivity contribution in [2.24, 2.45) is 0 Å². The molecule has 8 aromatic carbocycles. The van der Waals surface area contributed by atoms with E-state index < -0.39 is 0 Å². The Kier molecular flexibility index (Phi) is 7.93. The zero-order chi connectivity index (χ0) is 41.4. The Balaban J connectivity index is 0.969. The van der Waals surface area contributed by atoms with Crippen LogP contribution in [-0.2, 0) is 0 Å². The number of anilines is 2. The first-order valence-electron chi connectivity index (χ1n) is 21.4. The molecule has 2 unspecified atom stereocenters. The lowest BCUT2D eigenvalue weighted by Gasteiger charge is -2.30. The number of hydrogen-bond acceptors (Lipinski definition) is 5. The van der Waals surface area contributed by atoms with Crippen molar-refractivity contribution in [1.29, 1.82) is 0 Å². The normalized spacial score (nSPS) is 15.2. The Labute approximate surface area is 363 Å². The molecule has 0 amide bonds. The molecule has 0 bridgehead atoms. The van der Waals surface area contributed by atoms with Crippen LogP contribution in [0.15, 0.2) is 211 Å². The van der Waals surface area contributed by atoms with Crippen LogP contribution in [0.2, 0.25) is 0 Å². The standard InChI is InChI=1S/C57H37N5O/c1-3-14-36(15-4-1)38-26-28-39(29-27-38)55-58-56(60-57(59-55)62-47-23-10-7-20-43(47)44-21-8-11-24-48(44)62)41-30-32-51-46(35-41)54-52(63-51)33-31-50-53(54)45-22-9-12-25-49(45)61(50)42-19-13-18-40(34-42)37-16-5-2-6-17-37/h1-35,50,53H. The summed E-state index contributed by atoms with van der Waals surface area (Å²) < 4.78 is 8.85. The Morgan fingerprint density at radius 1 is 0.444 bits per heavy atom. The molecule has 0 saturated carbocycles. The van der Waals surface area contributed by atoms with Gasteiger partial charge in [0, 0.05) is 50.1 Å². The van der Waals surface area contributed by atoms with Crippen molar-refractivity contribution >= 4 is 50.2 Å². The van der Waals surface area contributed by atoms with Gasteiger partial charge in [0.1, 0.15) is 11.3 Å². The number of nitrogens with zero attached hydrogens (tertiary/aromatic N) is 5. The molecule has 2 atom stereocenters. The highest BCUT2D eigenvalue weighted by Crippen LogP contribution is 2.54. The molecule has 296 valence electrons. The van der Waals surface area contributed by atoms with E-state index in [-0.39, 0.29) is 12.0 Å². The molecule has 3 aromatic heterocycles. The van der Waals surface area contributed by atoms with Crippen LogP contribution in [-0.4, -0.2) is 25.6 Å². The van der Waals surface area contributed by atoms with Crippen LogP contribution in [0.1, 0.15) is 22.8 Å². The van der Waals surface area contributed by atoms with E-state index in [0.29, 0.717) is 17.6 Å². The van der Waals surface area contributed by atoms with Crippen LogP contribution in [0, 0.1) is 0 Å². The summed E-state index contributed by atoms with van der Waals surface area (Å²) in [5.41, 5.74) is 14.2. The van der Waals surface area contributed by atoms with E-state index in [1.54, 1.807) is 0 Å². The molecule has 0 spiro atoms. The molecule has 6 nitrogen and oxygen atoms in total. The first kappa shape index (κ1) is 35.4. The average molecular weight is 808 g/mol. The molecule has 2 aliphatic rings. The number of hydrogen-bond donors (Lipinski definition) is 0.